The summed E-state index contributed by atoms with van der Waals surface area (Å²) >= 11 is 11.7. The minimum atomic E-state index is -0.916. The Morgan fingerprint density at radius 1 is 1.14 bits per heavy atom. The first kappa shape index (κ1) is 16.6. The number of halogens is 2. The molecule has 0 saturated carbocycles. The van der Waals surface area contributed by atoms with E-state index in [1.165, 1.54) is 0 Å². The molecule has 2 aromatic rings. The molecule has 116 valence electrons. The van der Waals surface area contributed by atoms with Crippen molar-refractivity contribution in [1.29, 1.82) is 0 Å². The van der Waals surface area contributed by atoms with E-state index >= 15 is 0 Å². The summed E-state index contributed by atoms with van der Waals surface area (Å²) in [4.78, 5) is 11.6. The topological polar surface area (TPSA) is 58.6 Å². The Morgan fingerprint density at radius 3 is 2.41 bits per heavy atom. The van der Waals surface area contributed by atoms with Crippen molar-refractivity contribution in [2.75, 3.05) is 6.54 Å². The molecule has 2 rings (SSSR count). The molecule has 1 unspecified atom stereocenters. The molecule has 2 N–H and O–H groups in total. The molecule has 0 radical (unpaired) electrons. The minimum Gasteiger partial charge on any atom is -0.445 e. The molecule has 22 heavy (non-hydrogen) atoms. The van der Waals surface area contributed by atoms with Crippen molar-refractivity contribution in [3.8, 4) is 0 Å². The van der Waals surface area contributed by atoms with Crippen LogP contribution in [-0.4, -0.2) is 17.7 Å². The van der Waals surface area contributed by atoms with Crippen molar-refractivity contribution >= 4 is 29.3 Å². The Labute approximate surface area is 138 Å². The van der Waals surface area contributed by atoms with Crippen LogP contribution >= 0.6 is 23.2 Å². The molecule has 0 aromatic heterocycles. The van der Waals surface area contributed by atoms with E-state index in [0.717, 1.165) is 5.56 Å². The van der Waals surface area contributed by atoms with Crippen molar-refractivity contribution in [2.45, 2.75) is 12.7 Å². The van der Waals surface area contributed by atoms with E-state index in [-0.39, 0.29) is 13.2 Å². The lowest BCUT2D eigenvalue weighted by atomic mass is 10.1. The third kappa shape index (κ3) is 5.22. The van der Waals surface area contributed by atoms with Crippen LogP contribution in [-0.2, 0) is 11.3 Å². The van der Waals surface area contributed by atoms with Gasteiger partial charge in [0.05, 0.1) is 12.6 Å². The van der Waals surface area contributed by atoms with Crippen LogP contribution in [0.15, 0.2) is 48.5 Å². The molecular formula is C16H15Cl2NO3. The minimum absolute atomic E-state index is 0.00426. The van der Waals surface area contributed by atoms with Crippen LogP contribution in [0.2, 0.25) is 10.0 Å². The number of aliphatic hydroxyl groups is 1. The molecule has 0 fully saturated rings. The van der Waals surface area contributed by atoms with Gasteiger partial charge >= 0.3 is 6.09 Å². The number of aliphatic hydroxyl groups excluding tert-OH is 1. The number of hydrogen-bond donors (Lipinski definition) is 2. The first-order valence-electron chi connectivity index (χ1n) is 6.63. The van der Waals surface area contributed by atoms with Gasteiger partial charge in [0.15, 0.2) is 0 Å². The highest BCUT2D eigenvalue weighted by Crippen LogP contribution is 2.23. The molecule has 0 aliphatic carbocycles. The normalized spacial score (nSPS) is 11.8. The van der Waals surface area contributed by atoms with Gasteiger partial charge in [0, 0.05) is 10.0 Å². The zero-order valence-electron chi connectivity index (χ0n) is 11.6. The van der Waals surface area contributed by atoms with Crippen LogP contribution in [0, 0.1) is 0 Å². The molecule has 1 atom stereocenters. The molecule has 6 heteroatoms. The van der Waals surface area contributed by atoms with Gasteiger partial charge in [-0.2, -0.15) is 0 Å². The van der Waals surface area contributed by atoms with Crippen molar-refractivity contribution in [2.24, 2.45) is 0 Å². The smallest absolute Gasteiger partial charge is 0.407 e. The lowest BCUT2D eigenvalue weighted by Crippen LogP contribution is -2.28. The molecule has 0 aliphatic rings. The maximum absolute atomic E-state index is 11.6. The van der Waals surface area contributed by atoms with Crippen LogP contribution in [0.1, 0.15) is 17.2 Å². The van der Waals surface area contributed by atoms with Crippen molar-refractivity contribution in [3.05, 3.63) is 69.7 Å². The number of rotatable bonds is 5. The maximum atomic E-state index is 11.6. The highest BCUT2D eigenvalue weighted by Gasteiger charge is 2.11. The molecule has 0 bridgehead atoms. The summed E-state index contributed by atoms with van der Waals surface area (Å²) in [5, 5.41) is 13.4. The van der Waals surface area contributed by atoms with Crippen LogP contribution < -0.4 is 5.32 Å². The highest BCUT2D eigenvalue weighted by atomic mass is 35.5. The van der Waals surface area contributed by atoms with Crippen molar-refractivity contribution in [1.82, 2.24) is 5.32 Å². The number of nitrogens with one attached hydrogen (secondary N) is 1. The zero-order chi connectivity index (χ0) is 15.9. The Bertz CT molecular complexity index is 614. The van der Waals surface area contributed by atoms with E-state index in [1.807, 2.05) is 30.3 Å². The predicted octanol–water partition coefficient (Wildman–Crippen LogP) is 3.95. The van der Waals surface area contributed by atoms with Crippen LogP contribution in [0.5, 0.6) is 0 Å². The summed E-state index contributed by atoms with van der Waals surface area (Å²) in [5.41, 5.74) is 1.42. The second kappa shape index (κ2) is 8.03. The van der Waals surface area contributed by atoms with Gasteiger partial charge in [-0.3, -0.25) is 0 Å². The molecule has 0 heterocycles. The van der Waals surface area contributed by atoms with Crippen LogP contribution in [0.4, 0.5) is 4.79 Å². The molecule has 0 saturated heterocycles. The van der Waals surface area contributed by atoms with E-state index in [0.29, 0.717) is 15.6 Å². The standard InChI is InChI=1S/C16H15Cl2NO3/c17-13-6-12(7-14(18)8-13)15(20)9-19-16(21)22-10-11-4-2-1-3-5-11/h1-8,15,20H,9-10H2,(H,19,21). The van der Waals surface area contributed by atoms with Crippen LogP contribution in [0.3, 0.4) is 0 Å². The third-order valence-electron chi connectivity index (χ3n) is 2.92. The molecule has 1 amide bonds. The summed E-state index contributed by atoms with van der Waals surface area (Å²) in [5.74, 6) is 0. The second-order valence-corrected chi connectivity index (χ2v) is 5.53. The predicted molar refractivity (Wildman–Crippen MR) is 86.1 cm³/mol. The number of amides is 1. The number of alkyl carbamates (subject to hydrolysis) is 1. The Morgan fingerprint density at radius 2 is 1.77 bits per heavy atom. The lowest BCUT2D eigenvalue weighted by molar-refractivity contribution is 0.126. The van der Waals surface area contributed by atoms with Gasteiger partial charge in [-0.15, -0.1) is 0 Å². The SMILES string of the molecule is O=C(NCC(O)c1cc(Cl)cc(Cl)c1)OCc1ccccc1. The van der Waals surface area contributed by atoms with Gasteiger partial charge in [-0.25, -0.2) is 4.79 Å². The van der Waals surface area contributed by atoms with E-state index in [4.69, 9.17) is 27.9 Å². The first-order valence-corrected chi connectivity index (χ1v) is 7.39. The second-order valence-electron chi connectivity index (χ2n) is 4.66. The van der Waals surface area contributed by atoms with Crippen molar-refractivity contribution < 1.29 is 14.6 Å². The average Bonchev–Trinajstić information content (AvgIpc) is 2.50. The number of benzene rings is 2. The number of ether oxygens (including phenoxy) is 1. The van der Waals surface area contributed by atoms with Gasteiger partial charge in [-0.05, 0) is 29.3 Å². The Balaban J connectivity index is 1.80. The Kier molecular flexibility index (Phi) is 6.07. The number of hydrogen-bond acceptors (Lipinski definition) is 3. The number of carbonyl (C=O) groups is 1. The fourth-order valence-corrected chi connectivity index (χ4v) is 2.38. The van der Waals surface area contributed by atoms with Gasteiger partial charge in [0.1, 0.15) is 6.61 Å². The lowest BCUT2D eigenvalue weighted by Gasteiger charge is -2.13. The summed E-state index contributed by atoms with van der Waals surface area (Å²) in [6.07, 6.45) is -1.52. The largest absolute Gasteiger partial charge is 0.445 e. The molecule has 4 nitrogen and oxygen atoms in total. The molecular weight excluding hydrogens is 325 g/mol. The van der Waals surface area contributed by atoms with Gasteiger partial charge in [0.25, 0.3) is 0 Å². The number of carbonyl (C=O) groups excluding carboxylic acids is 1. The van der Waals surface area contributed by atoms with Gasteiger partial charge in [-0.1, -0.05) is 53.5 Å². The molecule has 2 aromatic carbocycles. The van der Waals surface area contributed by atoms with E-state index in [9.17, 15) is 9.90 Å². The quantitative estimate of drug-likeness (QED) is 0.866. The average molecular weight is 340 g/mol. The van der Waals surface area contributed by atoms with E-state index < -0.39 is 12.2 Å². The monoisotopic (exact) mass is 339 g/mol. The van der Waals surface area contributed by atoms with Gasteiger partial charge in [0.2, 0.25) is 0 Å². The zero-order valence-corrected chi connectivity index (χ0v) is 13.1. The van der Waals surface area contributed by atoms with E-state index in [1.54, 1.807) is 18.2 Å². The summed E-state index contributed by atoms with van der Waals surface area (Å²) in [6.45, 7) is 0.177. The Hall–Kier alpha value is -1.75. The third-order valence-corrected chi connectivity index (χ3v) is 3.36. The maximum Gasteiger partial charge on any atom is 0.407 e. The van der Waals surface area contributed by atoms with Gasteiger partial charge < -0.3 is 15.2 Å². The fraction of sp³-hybridized carbons (Fsp3) is 0.188. The molecule has 0 spiro atoms. The summed E-state index contributed by atoms with van der Waals surface area (Å²) in [6, 6.07) is 14.1. The fourth-order valence-electron chi connectivity index (χ4n) is 1.84. The highest BCUT2D eigenvalue weighted by molar-refractivity contribution is 6.34. The van der Waals surface area contributed by atoms with E-state index in [2.05, 4.69) is 5.32 Å². The first-order chi connectivity index (χ1) is 10.5. The molecule has 0 aliphatic heterocycles. The van der Waals surface area contributed by atoms with Crippen LogP contribution in [0.25, 0.3) is 0 Å². The summed E-state index contributed by atoms with van der Waals surface area (Å²) in [7, 11) is 0. The van der Waals surface area contributed by atoms with Crippen molar-refractivity contribution in [3.63, 3.8) is 0 Å². The summed E-state index contributed by atoms with van der Waals surface area (Å²) < 4.78 is 5.05.